The standard InChI is InChI=1S/C10H16N2O3/c1-8-9(6-10(13)14)12(7-11-8)4-3-5-15-2/h7H,3-6H2,1-2H3,(H,13,14). The predicted octanol–water partition coefficient (Wildman–Crippen LogP) is 0.855. The molecular formula is C10H16N2O3. The number of carboxylic acid groups (broad SMARTS) is 1. The number of aliphatic carboxylic acids is 1. The van der Waals surface area contributed by atoms with Crippen LogP contribution in [0.4, 0.5) is 0 Å². The topological polar surface area (TPSA) is 64.4 Å². The lowest BCUT2D eigenvalue weighted by Crippen LogP contribution is -2.10. The van der Waals surface area contributed by atoms with Gasteiger partial charge in [0.2, 0.25) is 0 Å². The number of rotatable bonds is 6. The monoisotopic (exact) mass is 212 g/mol. The molecule has 0 aromatic carbocycles. The van der Waals surface area contributed by atoms with Gasteiger partial charge in [-0.25, -0.2) is 4.98 Å². The molecule has 0 radical (unpaired) electrons. The highest BCUT2D eigenvalue weighted by molar-refractivity contribution is 5.69. The van der Waals surface area contributed by atoms with Crippen LogP contribution in [0, 0.1) is 6.92 Å². The Morgan fingerprint density at radius 1 is 1.67 bits per heavy atom. The Morgan fingerprint density at radius 2 is 2.40 bits per heavy atom. The number of ether oxygens (including phenoxy) is 1. The number of aromatic nitrogens is 2. The molecule has 0 fully saturated rings. The van der Waals surface area contributed by atoms with Gasteiger partial charge in [0, 0.05) is 20.3 Å². The Hall–Kier alpha value is -1.36. The number of carboxylic acids is 1. The highest BCUT2D eigenvalue weighted by Crippen LogP contribution is 2.08. The van der Waals surface area contributed by atoms with E-state index < -0.39 is 5.97 Å². The van der Waals surface area contributed by atoms with Crippen LogP contribution in [-0.4, -0.2) is 34.3 Å². The molecule has 0 spiro atoms. The van der Waals surface area contributed by atoms with Gasteiger partial charge in [0.15, 0.2) is 0 Å². The molecule has 0 aliphatic rings. The first kappa shape index (κ1) is 11.7. The second-order valence-electron chi connectivity index (χ2n) is 3.39. The molecule has 1 rings (SSSR count). The van der Waals surface area contributed by atoms with Gasteiger partial charge in [-0.05, 0) is 13.3 Å². The van der Waals surface area contributed by atoms with Crippen LogP contribution < -0.4 is 0 Å². The summed E-state index contributed by atoms with van der Waals surface area (Å²) in [5.41, 5.74) is 1.56. The Labute approximate surface area is 88.7 Å². The summed E-state index contributed by atoms with van der Waals surface area (Å²) in [6, 6.07) is 0. The second kappa shape index (κ2) is 5.50. The van der Waals surface area contributed by atoms with Gasteiger partial charge in [0.05, 0.1) is 24.1 Å². The molecule has 0 atom stereocenters. The van der Waals surface area contributed by atoms with E-state index in [1.54, 1.807) is 13.4 Å². The number of aryl methyl sites for hydroxylation is 2. The first-order valence-corrected chi connectivity index (χ1v) is 4.86. The van der Waals surface area contributed by atoms with Crippen LogP contribution >= 0.6 is 0 Å². The summed E-state index contributed by atoms with van der Waals surface area (Å²) in [4.78, 5) is 14.7. The highest BCUT2D eigenvalue weighted by Gasteiger charge is 2.10. The van der Waals surface area contributed by atoms with Crippen molar-refractivity contribution in [3.8, 4) is 0 Å². The van der Waals surface area contributed by atoms with Gasteiger partial charge in [-0.1, -0.05) is 0 Å². The van der Waals surface area contributed by atoms with Crippen molar-refractivity contribution in [2.45, 2.75) is 26.3 Å². The average Bonchev–Trinajstić information content (AvgIpc) is 2.49. The lowest BCUT2D eigenvalue weighted by Gasteiger charge is -2.06. The molecule has 1 heterocycles. The van der Waals surface area contributed by atoms with Crippen LogP contribution in [0.2, 0.25) is 0 Å². The smallest absolute Gasteiger partial charge is 0.309 e. The van der Waals surface area contributed by atoms with Crippen LogP contribution in [0.5, 0.6) is 0 Å². The average molecular weight is 212 g/mol. The van der Waals surface area contributed by atoms with E-state index in [1.165, 1.54) is 0 Å². The van der Waals surface area contributed by atoms with Crippen molar-refractivity contribution < 1.29 is 14.6 Å². The summed E-state index contributed by atoms with van der Waals surface area (Å²) in [5, 5.41) is 8.74. The van der Waals surface area contributed by atoms with Gasteiger partial charge < -0.3 is 14.4 Å². The van der Waals surface area contributed by atoms with Crippen molar-refractivity contribution in [3.05, 3.63) is 17.7 Å². The predicted molar refractivity (Wildman–Crippen MR) is 54.8 cm³/mol. The highest BCUT2D eigenvalue weighted by atomic mass is 16.5. The Bertz CT molecular complexity index is 333. The third-order valence-corrected chi connectivity index (χ3v) is 2.22. The molecule has 0 unspecified atom stereocenters. The van der Waals surface area contributed by atoms with Gasteiger partial charge >= 0.3 is 5.97 Å². The van der Waals surface area contributed by atoms with Crippen molar-refractivity contribution in [3.63, 3.8) is 0 Å². The number of nitrogens with zero attached hydrogens (tertiary/aromatic N) is 2. The van der Waals surface area contributed by atoms with Crippen molar-refractivity contribution in [2.24, 2.45) is 0 Å². The van der Waals surface area contributed by atoms with E-state index >= 15 is 0 Å². The van der Waals surface area contributed by atoms with Gasteiger partial charge in [-0.15, -0.1) is 0 Å². The summed E-state index contributed by atoms with van der Waals surface area (Å²) in [6.07, 6.45) is 2.57. The van der Waals surface area contributed by atoms with Gasteiger partial charge in [0.1, 0.15) is 0 Å². The zero-order chi connectivity index (χ0) is 11.3. The van der Waals surface area contributed by atoms with Gasteiger partial charge in [-0.3, -0.25) is 4.79 Å². The molecule has 1 aromatic heterocycles. The first-order valence-electron chi connectivity index (χ1n) is 4.86. The summed E-state index contributed by atoms with van der Waals surface area (Å²) in [6.45, 7) is 3.24. The minimum Gasteiger partial charge on any atom is -0.481 e. The normalized spacial score (nSPS) is 10.5. The van der Waals surface area contributed by atoms with E-state index in [-0.39, 0.29) is 6.42 Å². The molecular weight excluding hydrogens is 196 g/mol. The van der Waals surface area contributed by atoms with Crippen molar-refractivity contribution in [1.82, 2.24) is 9.55 Å². The Morgan fingerprint density at radius 3 is 3.00 bits per heavy atom. The van der Waals surface area contributed by atoms with E-state index in [0.29, 0.717) is 6.61 Å². The molecule has 0 amide bonds. The van der Waals surface area contributed by atoms with Crippen LogP contribution in [-0.2, 0) is 22.5 Å². The van der Waals surface area contributed by atoms with E-state index in [2.05, 4.69) is 4.98 Å². The number of imidazole rings is 1. The molecule has 84 valence electrons. The first-order chi connectivity index (χ1) is 7.15. The minimum atomic E-state index is -0.827. The van der Waals surface area contributed by atoms with E-state index in [9.17, 15) is 4.79 Å². The molecule has 5 heteroatoms. The van der Waals surface area contributed by atoms with Crippen LogP contribution in [0.3, 0.4) is 0 Å². The molecule has 0 bridgehead atoms. The van der Waals surface area contributed by atoms with E-state index in [4.69, 9.17) is 9.84 Å². The number of carbonyl (C=O) groups is 1. The third kappa shape index (κ3) is 3.36. The fraction of sp³-hybridized carbons (Fsp3) is 0.600. The fourth-order valence-electron chi connectivity index (χ4n) is 1.45. The molecule has 0 saturated carbocycles. The second-order valence-corrected chi connectivity index (χ2v) is 3.39. The quantitative estimate of drug-likeness (QED) is 0.710. The van der Waals surface area contributed by atoms with Crippen LogP contribution in [0.25, 0.3) is 0 Å². The maximum Gasteiger partial charge on any atom is 0.309 e. The molecule has 0 aliphatic heterocycles. The van der Waals surface area contributed by atoms with Gasteiger partial charge in [0.25, 0.3) is 0 Å². The zero-order valence-electron chi connectivity index (χ0n) is 9.06. The zero-order valence-corrected chi connectivity index (χ0v) is 9.06. The molecule has 1 aromatic rings. The maximum absolute atomic E-state index is 10.6. The number of hydrogen-bond acceptors (Lipinski definition) is 3. The molecule has 5 nitrogen and oxygen atoms in total. The number of methoxy groups -OCH3 is 1. The van der Waals surface area contributed by atoms with Crippen molar-refractivity contribution in [1.29, 1.82) is 0 Å². The summed E-state index contributed by atoms with van der Waals surface area (Å²) < 4.78 is 6.82. The minimum absolute atomic E-state index is 0.0266. The SMILES string of the molecule is COCCCn1cnc(C)c1CC(=O)O. The molecule has 1 N–H and O–H groups in total. The lowest BCUT2D eigenvalue weighted by molar-refractivity contribution is -0.136. The van der Waals surface area contributed by atoms with Crippen molar-refractivity contribution in [2.75, 3.05) is 13.7 Å². The lowest BCUT2D eigenvalue weighted by atomic mass is 10.2. The van der Waals surface area contributed by atoms with Crippen LogP contribution in [0.1, 0.15) is 17.8 Å². The molecule has 0 aliphatic carbocycles. The third-order valence-electron chi connectivity index (χ3n) is 2.22. The van der Waals surface area contributed by atoms with Crippen molar-refractivity contribution >= 4 is 5.97 Å². The Balaban J connectivity index is 2.66. The number of hydrogen-bond donors (Lipinski definition) is 1. The summed E-state index contributed by atoms with van der Waals surface area (Å²) in [5.74, 6) is -0.827. The summed E-state index contributed by atoms with van der Waals surface area (Å²) >= 11 is 0. The van der Waals surface area contributed by atoms with Gasteiger partial charge in [-0.2, -0.15) is 0 Å². The maximum atomic E-state index is 10.6. The largest absolute Gasteiger partial charge is 0.481 e. The fourth-order valence-corrected chi connectivity index (χ4v) is 1.45. The van der Waals surface area contributed by atoms with E-state index in [1.807, 2.05) is 11.5 Å². The summed E-state index contributed by atoms with van der Waals surface area (Å²) in [7, 11) is 1.65. The molecule has 0 saturated heterocycles. The Kier molecular flexibility index (Phi) is 4.30. The molecule has 15 heavy (non-hydrogen) atoms. The van der Waals surface area contributed by atoms with E-state index in [0.717, 1.165) is 24.4 Å². The van der Waals surface area contributed by atoms with Crippen LogP contribution in [0.15, 0.2) is 6.33 Å².